The van der Waals surface area contributed by atoms with Crippen molar-refractivity contribution in [2.45, 2.75) is 11.3 Å². The summed E-state index contributed by atoms with van der Waals surface area (Å²) in [6.45, 7) is 0. The van der Waals surface area contributed by atoms with Crippen LogP contribution in [0.2, 0.25) is 0 Å². The zero-order chi connectivity index (χ0) is 9.68. The second-order valence-electron chi connectivity index (χ2n) is 2.66. The number of thioether (sulfide) groups is 1. The van der Waals surface area contributed by atoms with E-state index in [1.165, 1.54) is 0 Å². The van der Waals surface area contributed by atoms with Crippen LogP contribution in [0.5, 0.6) is 0 Å². The largest absolute Gasteiger partial charge is 0.298 e. The summed E-state index contributed by atoms with van der Waals surface area (Å²) in [5.74, 6) is 0.172. The lowest BCUT2D eigenvalue weighted by Gasteiger charge is -2.04. The van der Waals surface area contributed by atoms with Gasteiger partial charge < -0.3 is 0 Å². The van der Waals surface area contributed by atoms with Crippen molar-refractivity contribution in [3.8, 4) is 0 Å². The Hall–Kier alpha value is -0.470. The quantitative estimate of drug-likeness (QED) is 0.567. The standard InChI is InChI=1S/C10H11ClOS/c1-13-10-5-3-2-4-8(10)6-9(12)7-11/h2-5H,6-7H2,1H3. The number of carbonyl (C=O) groups is 1. The molecule has 3 heteroatoms. The molecule has 0 saturated heterocycles. The van der Waals surface area contributed by atoms with Crippen LogP contribution in [0.4, 0.5) is 0 Å². The predicted molar refractivity (Wildman–Crippen MR) is 57.7 cm³/mol. The maximum atomic E-state index is 11.1. The van der Waals surface area contributed by atoms with Crippen LogP contribution in [0.25, 0.3) is 0 Å². The Kier molecular flexibility index (Phi) is 4.33. The maximum absolute atomic E-state index is 11.1. The van der Waals surface area contributed by atoms with Crippen LogP contribution < -0.4 is 0 Å². The number of rotatable bonds is 4. The van der Waals surface area contributed by atoms with E-state index in [2.05, 4.69) is 0 Å². The number of Topliss-reactive ketones (excluding diaryl/α,β-unsaturated/α-hetero) is 1. The molecule has 0 bridgehead atoms. The van der Waals surface area contributed by atoms with Gasteiger partial charge in [-0.2, -0.15) is 0 Å². The first-order valence-corrected chi connectivity index (χ1v) is 5.73. The van der Waals surface area contributed by atoms with E-state index in [0.717, 1.165) is 10.5 Å². The summed E-state index contributed by atoms with van der Waals surface area (Å²) in [7, 11) is 0. The lowest BCUT2D eigenvalue weighted by molar-refractivity contribution is -0.116. The van der Waals surface area contributed by atoms with E-state index in [1.807, 2.05) is 30.5 Å². The summed E-state index contributed by atoms with van der Waals surface area (Å²) < 4.78 is 0. The molecule has 13 heavy (non-hydrogen) atoms. The van der Waals surface area contributed by atoms with Gasteiger partial charge in [0.05, 0.1) is 5.88 Å². The summed E-state index contributed by atoms with van der Waals surface area (Å²) in [5, 5.41) is 0. The van der Waals surface area contributed by atoms with Gasteiger partial charge >= 0.3 is 0 Å². The number of carbonyl (C=O) groups excluding carboxylic acids is 1. The summed E-state index contributed by atoms with van der Waals surface area (Å²) in [6.07, 6.45) is 2.45. The molecule has 0 saturated carbocycles. The Balaban J connectivity index is 2.81. The normalized spacial score (nSPS) is 10.0. The van der Waals surface area contributed by atoms with Crippen molar-refractivity contribution in [3.05, 3.63) is 29.8 Å². The molecule has 0 radical (unpaired) electrons. The summed E-state index contributed by atoms with van der Waals surface area (Å²) in [5.41, 5.74) is 1.07. The minimum atomic E-state index is 0.0724. The van der Waals surface area contributed by atoms with Crippen LogP contribution in [0, 0.1) is 0 Å². The van der Waals surface area contributed by atoms with Crippen LogP contribution in [-0.2, 0) is 11.2 Å². The van der Waals surface area contributed by atoms with E-state index in [-0.39, 0.29) is 11.7 Å². The van der Waals surface area contributed by atoms with Gasteiger partial charge in [-0.05, 0) is 17.9 Å². The van der Waals surface area contributed by atoms with Crippen molar-refractivity contribution in [2.24, 2.45) is 0 Å². The lowest BCUT2D eigenvalue weighted by Crippen LogP contribution is -2.04. The van der Waals surface area contributed by atoms with Crippen LogP contribution in [0.3, 0.4) is 0 Å². The third kappa shape index (κ3) is 3.05. The van der Waals surface area contributed by atoms with Crippen molar-refractivity contribution in [1.82, 2.24) is 0 Å². The zero-order valence-corrected chi connectivity index (χ0v) is 8.99. The first-order valence-electron chi connectivity index (χ1n) is 3.97. The van der Waals surface area contributed by atoms with Crippen molar-refractivity contribution < 1.29 is 4.79 Å². The third-order valence-electron chi connectivity index (χ3n) is 1.73. The summed E-state index contributed by atoms with van der Waals surface area (Å²) in [4.78, 5) is 12.3. The van der Waals surface area contributed by atoms with E-state index in [4.69, 9.17) is 11.6 Å². The second-order valence-corrected chi connectivity index (χ2v) is 3.78. The molecule has 0 aliphatic heterocycles. The molecule has 0 spiro atoms. The summed E-state index contributed by atoms with van der Waals surface area (Å²) in [6, 6.07) is 7.90. The van der Waals surface area contributed by atoms with E-state index in [9.17, 15) is 4.79 Å². The number of hydrogen-bond acceptors (Lipinski definition) is 2. The van der Waals surface area contributed by atoms with Crippen LogP contribution >= 0.6 is 23.4 Å². The lowest BCUT2D eigenvalue weighted by atomic mass is 10.1. The highest BCUT2D eigenvalue weighted by atomic mass is 35.5. The third-order valence-corrected chi connectivity index (χ3v) is 2.87. The number of benzene rings is 1. The van der Waals surface area contributed by atoms with Crippen molar-refractivity contribution in [2.75, 3.05) is 12.1 Å². The fourth-order valence-electron chi connectivity index (χ4n) is 1.11. The van der Waals surface area contributed by atoms with Gasteiger partial charge in [-0.25, -0.2) is 0 Å². The van der Waals surface area contributed by atoms with Crippen molar-refractivity contribution >= 4 is 29.1 Å². The van der Waals surface area contributed by atoms with E-state index in [0.29, 0.717) is 6.42 Å². The molecule has 0 unspecified atom stereocenters. The Morgan fingerprint density at radius 3 is 2.77 bits per heavy atom. The monoisotopic (exact) mass is 214 g/mol. The molecule has 0 fully saturated rings. The average Bonchev–Trinajstić information content (AvgIpc) is 2.18. The highest BCUT2D eigenvalue weighted by Crippen LogP contribution is 2.20. The van der Waals surface area contributed by atoms with Gasteiger partial charge in [0.25, 0.3) is 0 Å². The van der Waals surface area contributed by atoms with Gasteiger partial charge in [0.1, 0.15) is 0 Å². The smallest absolute Gasteiger partial charge is 0.151 e. The van der Waals surface area contributed by atoms with Crippen molar-refractivity contribution in [1.29, 1.82) is 0 Å². The van der Waals surface area contributed by atoms with E-state index in [1.54, 1.807) is 11.8 Å². The highest BCUT2D eigenvalue weighted by molar-refractivity contribution is 7.98. The zero-order valence-electron chi connectivity index (χ0n) is 7.42. The Morgan fingerprint density at radius 1 is 1.46 bits per heavy atom. The Morgan fingerprint density at radius 2 is 2.15 bits per heavy atom. The molecule has 0 heterocycles. The minimum absolute atomic E-state index is 0.0724. The Bertz CT molecular complexity index is 299. The molecule has 0 N–H and O–H groups in total. The average molecular weight is 215 g/mol. The van der Waals surface area contributed by atoms with Crippen LogP contribution in [0.1, 0.15) is 5.56 Å². The maximum Gasteiger partial charge on any atom is 0.151 e. The minimum Gasteiger partial charge on any atom is -0.298 e. The first kappa shape index (κ1) is 10.6. The van der Waals surface area contributed by atoms with Gasteiger partial charge in [0.2, 0.25) is 0 Å². The molecular formula is C10H11ClOS. The number of hydrogen-bond donors (Lipinski definition) is 0. The SMILES string of the molecule is CSc1ccccc1CC(=O)CCl. The first-order chi connectivity index (χ1) is 6.27. The highest BCUT2D eigenvalue weighted by Gasteiger charge is 2.05. The van der Waals surface area contributed by atoms with E-state index < -0.39 is 0 Å². The van der Waals surface area contributed by atoms with Gasteiger partial charge in [-0.15, -0.1) is 23.4 Å². The van der Waals surface area contributed by atoms with E-state index >= 15 is 0 Å². The Labute approximate surface area is 87.5 Å². The fourth-order valence-corrected chi connectivity index (χ4v) is 1.82. The van der Waals surface area contributed by atoms with Crippen molar-refractivity contribution in [3.63, 3.8) is 0 Å². The van der Waals surface area contributed by atoms with Gasteiger partial charge in [0, 0.05) is 11.3 Å². The summed E-state index contributed by atoms with van der Waals surface area (Å²) >= 11 is 7.09. The molecule has 1 rings (SSSR count). The molecular weight excluding hydrogens is 204 g/mol. The number of alkyl halides is 1. The fraction of sp³-hybridized carbons (Fsp3) is 0.300. The molecule has 1 nitrogen and oxygen atoms in total. The van der Waals surface area contributed by atoms with Gasteiger partial charge in [-0.3, -0.25) is 4.79 Å². The van der Waals surface area contributed by atoms with Crippen LogP contribution in [0.15, 0.2) is 29.2 Å². The molecule has 0 atom stereocenters. The molecule has 0 aliphatic rings. The molecule has 1 aromatic rings. The van der Waals surface area contributed by atoms with Gasteiger partial charge in [0.15, 0.2) is 5.78 Å². The topological polar surface area (TPSA) is 17.1 Å². The number of halogens is 1. The van der Waals surface area contributed by atoms with Gasteiger partial charge in [-0.1, -0.05) is 18.2 Å². The number of ketones is 1. The predicted octanol–water partition coefficient (Wildman–Crippen LogP) is 2.76. The molecule has 0 amide bonds. The molecule has 1 aromatic carbocycles. The molecule has 70 valence electrons. The van der Waals surface area contributed by atoms with Crippen LogP contribution in [-0.4, -0.2) is 17.9 Å². The second kappa shape index (κ2) is 5.30. The molecule has 0 aromatic heterocycles. The molecule has 0 aliphatic carbocycles.